The fraction of sp³-hybridized carbons (Fsp3) is 0.353. The third-order valence-electron chi connectivity index (χ3n) is 3.52. The predicted molar refractivity (Wildman–Crippen MR) is 87.6 cm³/mol. The van der Waals surface area contributed by atoms with Crippen LogP contribution in [0.25, 0.3) is 0 Å². The number of alkyl halides is 3. The standard InChI is InChI=1S/C17H18F3N3O3/c1-3-23-10-21-14(16(25)26-4-2)15(23)22-13(24)9-11-6-5-7-12(8-11)17(18,19)20/h5-8,10H,3-4,9H2,1-2H3,(H,22,24). The molecule has 26 heavy (non-hydrogen) atoms. The Bertz CT molecular complexity index is 800. The number of carbonyl (C=O) groups excluding carboxylic acids is 2. The van der Waals surface area contributed by atoms with Crippen LogP contribution < -0.4 is 5.32 Å². The number of nitrogens with zero attached hydrogens (tertiary/aromatic N) is 2. The van der Waals surface area contributed by atoms with E-state index in [0.717, 1.165) is 12.1 Å². The highest BCUT2D eigenvalue weighted by Crippen LogP contribution is 2.29. The van der Waals surface area contributed by atoms with Crippen LogP contribution in [-0.4, -0.2) is 28.0 Å². The van der Waals surface area contributed by atoms with Gasteiger partial charge in [0.1, 0.15) is 5.82 Å². The summed E-state index contributed by atoms with van der Waals surface area (Å²) in [5.74, 6) is -1.10. The summed E-state index contributed by atoms with van der Waals surface area (Å²) in [6, 6.07) is 4.53. The minimum atomic E-state index is -4.48. The number of nitrogens with one attached hydrogen (secondary N) is 1. The van der Waals surface area contributed by atoms with Crippen LogP contribution in [0, 0.1) is 0 Å². The molecule has 140 valence electrons. The summed E-state index contributed by atoms with van der Waals surface area (Å²) in [5, 5.41) is 2.54. The number of hydrogen-bond acceptors (Lipinski definition) is 4. The van der Waals surface area contributed by atoms with E-state index >= 15 is 0 Å². The van der Waals surface area contributed by atoms with Crippen LogP contribution in [0.1, 0.15) is 35.5 Å². The first-order valence-electron chi connectivity index (χ1n) is 7.94. The van der Waals surface area contributed by atoms with Crippen LogP contribution in [0.2, 0.25) is 0 Å². The molecule has 1 aromatic carbocycles. The van der Waals surface area contributed by atoms with Gasteiger partial charge in [0.15, 0.2) is 5.69 Å². The average molecular weight is 369 g/mol. The van der Waals surface area contributed by atoms with Crippen LogP contribution >= 0.6 is 0 Å². The summed E-state index contributed by atoms with van der Waals surface area (Å²) >= 11 is 0. The number of anilines is 1. The molecular formula is C17H18F3N3O3. The molecule has 1 amide bonds. The zero-order chi connectivity index (χ0) is 19.3. The number of imidazole rings is 1. The van der Waals surface area contributed by atoms with Gasteiger partial charge in [-0.05, 0) is 25.5 Å². The van der Waals surface area contributed by atoms with Crippen LogP contribution in [-0.2, 0) is 28.7 Å². The zero-order valence-electron chi connectivity index (χ0n) is 14.3. The van der Waals surface area contributed by atoms with Crippen LogP contribution in [0.4, 0.5) is 19.0 Å². The van der Waals surface area contributed by atoms with E-state index in [2.05, 4.69) is 10.3 Å². The minimum absolute atomic E-state index is 0.0499. The van der Waals surface area contributed by atoms with Crippen molar-refractivity contribution in [3.8, 4) is 0 Å². The molecule has 1 aromatic heterocycles. The van der Waals surface area contributed by atoms with Crippen LogP contribution in [0.5, 0.6) is 0 Å². The maximum absolute atomic E-state index is 12.8. The number of hydrogen-bond donors (Lipinski definition) is 1. The fourth-order valence-corrected chi connectivity index (χ4v) is 2.32. The average Bonchev–Trinajstić information content (AvgIpc) is 2.97. The van der Waals surface area contributed by atoms with Crippen molar-refractivity contribution in [2.24, 2.45) is 0 Å². The highest BCUT2D eigenvalue weighted by Gasteiger charge is 2.30. The Morgan fingerprint density at radius 1 is 1.27 bits per heavy atom. The first-order chi connectivity index (χ1) is 12.3. The zero-order valence-corrected chi connectivity index (χ0v) is 14.3. The first kappa shape index (κ1) is 19.5. The number of aryl methyl sites for hydroxylation is 1. The normalized spacial score (nSPS) is 11.3. The summed E-state index contributed by atoms with van der Waals surface area (Å²) in [6.07, 6.45) is -3.38. The summed E-state index contributed by atoms with van der Waals surface area (Å²) in [7, 11) is 0. The molecule has 0 bridgehead atoms. The molecule has 0 spiro atoms. The van der Waals surface area contributed by atoms with E-state index in [9.17, 15) is 22.8 Å². The van der Waals surface area contributed by atoms with E-state index in [1.54, 1.807) is 13.8 Å². The first-order valence-corrected chi connectivity index (χ1v) is 7.94. The molecular weight excluding hydrogens is 351 g/mol. The molecule has 0 unspecified atom stereocenters. The van der Waals surface area contributed by atoms with Crippen molar-refractivity contribution in [2.75, 3.05) is 11.9 Å². The van der Waals surface area contributed by atoms with Gasteiger partial charge in [-0.1, -0.05) is 18.2 Å². The monoisotopic (exact) mass is 369 g/mol. The molecule has 0 fully saturated rings. The van der Waals surface area contributed by atoms with E-state index in [1.165, 1.54) is 23.0 Å². The van der Waals surface area contributed by atoms with Crippen molar-refractivity contribution < 1.29 is 27.5 Å². The molecule has 2 aromatic rings. The van der Waals surface area contributed by atoms with Gasteiger partial charge in [0.2, 0.25) is 5.91 Å². The SMILES string of the molecule is CCOC(=O)c1ncn(CC)c1NC(=O)Cc1cccc(C(F)(F)F)c1. The van der Waals surface area contributed by atoms with Crippen LogP contribution in [0.3, 0.4) is 0 Å². The van der Waals surface area contributed by atoms with E-state index in [0.29, 0.717) is 6.54 Å². The molecule has 0 aliphatic heterocycles. The number of halogens is 3. The van der Waals surface area contributed by atoms with E-state index in [1.807, 2.05) is 0 Å². The second-order valence-electron chi connectivity index (χ2n) is 5.37. The van der Waals surface area contributed by atoms with Gasteiger partial charge in [-0.25, -0.2) is 9.78 Å². The van der Waals surface area contributed by atoms with Gasteiger partial charge in [0.25, 0.3) is 0 Å². The highest BCUT2D eigenvalue weighted by molar-refractivity contribution is 5.99. The summed E-state index contributed by atoms with van der Waals surface area (Å²) < 4.78 is 44.7. The number of benzene rings is 1. The second kappa shape index (κ2) is 8.03. The minimum Gasteiger partial charge on any atom is -0.461 e. The van der Waals surface area contributed by atoms with Gasteiger partial charge in [-0.2, -0.15) is 13.2 Å². The van der Waals surface area contributed by atoms with Gasteiger partial charge in [0.05, 0.1) is 24.9 Å². The van der Waals surface area contributed by atoms with Gasteiger partial charge >= 0.3 is 12.1 Å². The number of amides is 1. The van der Waals surface area contributed by atoms with Crippen molar-refractivity contribution in [3.05, 3.63) is 47.4 Å². The van der Waals surface area contributed by atoms with Crippen molar-refractivity contribution >= 4 is 17.7 Å². The van der Waals surface area contributed by atoms with Gasteiger partial charge in [0, 0.05) is 6.54 Å². The maximum Gasteiger partial charge on any atom is 0.416 e. The number of esters is 1. The molecule has 0 radical (unpaired) electrons. The van der Waals surface area contributed by atoms with Crippen molar-refractivity contribution in [1.29, 1.82) is 0 Å². The highest BCUT2D eigenvalue weighted by atomic mass is 19.4. The van der Waals surface area contributed by atoms with Crippen molar-refractivity contribution in [1.82, 2.24) is 9.55 Å². The topological polar surface area (TPSA) is 73.2 Å². The third-order valence-corrected chi connectivity index (χ3v) is 3.52. The lowest BCUT2D eigenvalue weighted by Crippen LogP contribution is -2.20. The molecule has 9 heteroatoms. The summed E-state index contributed by atoms with van der Waals surface area (Å²) in [5.41, 5.74) is -0.669. The van der Waals surface area contributed by atoms with Crippen molar-refractivity contribution in [3.63, 3.8) is 0 Å². The molecule has 0 aliphatic carbocycles. The summed E-state index contributed by atoms with van der Waals surface area (Å²) in [6.45, 7) is 4.01. The van der Waals surface area contributed by atoms with E-state index in [4.69, 9.17) is 4.74 Å². The molecule has 0 saturated carbocycles. The van der Waals surface area contributed by atoms with E-state index < -0.39 is 23.6 Å². The van der Waals surface area contributed by atoms with Crippen LogP contribution in [0.15, 0.2) is 30.6 Å². The van der Waals surface area contributed by atoms with Gasteiger partial charge < -0.3 is 14.6 Å². The Hall–Kier alpha value is -2.84. The fourth-order valence-electron chi connectivity index (χ4n) is 2.32. The van der Waals surface area contributed by atoms with Gasteiger partial charge in [-0.3, -0.25) is 4.79 Å². The Balaban J connectivity index is 2.18. The summed E-state index contributed by atoms with van der Waals surface area (Å²) in [4.78, 5) is 28.1. The second-order valence-corrected chi connectivity index (χ2v) is 5.37. The maximum atomic E-state index is 12.8. The third kappa shape index (κ3) is 4.62. The Labute approximate surface area is 148 Å². The van der Waals surface area contributed by atoms with Crippen molar-refractivity contribution in [2.45, 2.75) is 33.0 Å². The van der Waals surface area contributed by atoms with Gasteiger partial charge in [-0.15, -0.1) is 0 Å². The smallest absolute Gasteiger partial charge is 0.416 e. The molecule has 0 atom stereocenters. The Morgan fingerprint density at radius 3 is 2.62 bits per heavy atom. The number of rotatable bonds is 6. The molecule has 6 nitrogen and oxygen atoms in total. The lowest BCUT2D eigenvalue weighted by atomic mass is 10.1. The molecule has 0 aliphatic rings. The Morgan fingerprint density at radius 2 is 2.00 bits per heavy atom. The molecule has 1 N–H and O–H groups in total. The quantitative estimate of drug-likeness (QED) is 0.793. The molecule has 1 heterocycles. The number of aromatic nitrogens is 2. The van der Waals surface area contributed by atoms with E-state index in [-0.39, 0.29) is 30.1 Å². The number of carbonyl (C=O) groups is 2. The number of ether oxygens (including phenoxy) is 1. The predicted octanol–water partition coefficient (Wildman–Crippen LogP) is 3.28. The molecule has 0 saturated heterocycles. The lowest BCUT2D eigenvalue weighted by Gasteiger charge is -2.11. The largest absolute Gasteiger partial charge is 0.461 e. The molecule has 2 rings (SSSR count). The lowest BCUT2D eigenvalue weighted by molar-refractivity contribution is -0.137. The Kier molecular flexibility index (Phi) is 6.01.